The summed E-state index contributed by atoms with van der Waals surface area (Å²) in [6.45, 7) is -0.0669. The Kier molecular flexibility index (Phi) is 4.22. The summed E-state index contributed by atoms with van der Waals surface area (Å²) in [6.07, 6.45) is 0. The Morgan fingerprint density at radius 3 is 2.50 bits per heavy atom. The zero-order chi connectivity index (χ0) is 14.5. The molecule has 5 nitrogen and oxygen atoms in total. The Morgan fingerprint density at radius 2 is 1.80 bits per heavy atom. The lowest BCUT2D eigenvalue weighted by Crippen LogP contribution is -2.09. The molecule has 0 atom stereocenters. The largest absolute Gasteiger partial charge is 0.489 e. The molecular weight excluding hydrogens is 258 g/mol. The van der Waals surface area contributed by atoms with Gasteiger partial charge in [-0.05, 0) is 12.1 Å². The summed E-state index contributed by atoms with van der Waals surface area (Å²) >= 11 is 0. The van der Waals surface area contributed by atoms with Crippen LogP contribution in [-0.4, -0.2) is 16.2 Å². The van der Waals surface area contributed by atoms with Gasteiger partial charge in [0.25, 0.3) is 0 Å². The number of carbonyl (C=O) groups is 1. The molecule has 0 aromatic heterocycles. The van der Waals surface area contributed by atoms with E-state index in [1.54, 1.807) is 36.4 Å². The van der Waals surface area contributed by atoms with Crippen LogP contribution in [0.1, 0.15) is 21.5 Å². The predicted molar refractivity (Wildman–Crippen MR) is 74.5 cm³/mol. The zero-order valence-corrected chi connectivity index (χ0v) is 10.7. The molecule has 0 unspecified atom stereocenters. The van der Waals surface area contributed by atoms with E-state index in [-0.39, 0.29) is 24.5 Å². The minimum atomic E-state index is -1.09. The quantitative estimate of drug-likeness (QED) is 0.725. The summed E-state index contributed by atoms with van der Waals surface area (Å²) in [6, 6.07) is 11.9. The maximum Gasteiger partial charge on any atom is 0.338 e. The van der Waals surface area contributed by atoms with Crippen molar-refractivity contribution in [1.29, 1.82) is 0 Å². The van der Waals surface area contributed by atoms with E-state index in [0.717, 1.165) is 0 Å². The third-order valence-corrected chi connectivity index (χ3v) is 2.92. The van der Waals surface area contributed by atoms with Gasteiger partial charge in [0.1, 0.15) is 12.4 Å². The van der Waals surface area contributed by atoms with Crippen LogP contribution in [0.25, 0.3) is 0 Å². The number of nitrogens with two attached hydrogens (primary N) is 1. The van der Waals surface area contributed by atoms with Gasteiger partial charge in [-0.15, -0.1) is 0 Å². The number of anilines is 1. The summed E-state index contributed by atoms with van der Waals surface area (Å²) in [4.78, 5) is 11.2. The summed E-state index contributed by atoms with van der Waals surface area (Å²) in [5, 5.41) is 18.4. The summed E-state index contributed by atoms with van der Waals surface area (Å²) < 4.78 is 5.58. The third-order valence-electron chi connectivity index (χ3n) is 2.92. The average molecular weight is 273 g/mol. The smallest absolute Gasteiger partial charge is 0.338 e. The fourth-order valence-corrected chi connectivity index (χ4v) is 1.93. The molecule has 5 heteroatoms. The second kappa shape index (κ2) is 6.08. The van der Waals surface area contributed by atoms with Crippen molar-refractivity contribution < 1.29 is 19.7 Å². The van der Waals surface area contributed by atoms with Crippen molar-refractivity contribution in [2.24, 2.45) is 0 Å². The Balaban J connectivity index is 2.23. The second-order valence-corrected chi connectivity index (χ2v) is 4.24. The van der Waals surface area contributed by atoms with Crippen molar-refractivity contribution in [3.63, 3.8) is 0 Å². The molecule has 2 aromatic carbocycles. The first-order chi connectivity index (χ1) is 9.63. The Hall–Kier alpha value is -2.53. The van der Waals surface area contributed by atoms with E-state index in [1.165, 1.54) is 6.07 Å². The number of ether oxygens (including phenoxy) is 1. The van der Waals surface area contributed by atoms with E-state index in [9.17, 15) is 9.90 Å². The van der Waals surface area contributed by atoms with Crippen molar-refractivity contribution in [1.82, 2.24) is 0 Å². The maximum atomic E-state index is 11.2. The first kappa shape index (κ1) is 13.9. The fraction of sp³-hybridized carbons (Fsp3) is 0.133. The highest BCUT2D eigenvalue weighted by Gasteiger charge is 2.14. The van der Waals surface area contributed by atoms with Crippen LogP contribution in [0.5, 0.6) is 5.75 Å². The number of hydrogen-bond acceptors (Lipinski definition) is 4. The number of aliphatic hydroxyl groups excluding tert-OH is 1. The van der Waals surface area contributed by atoms with Crippen molar-refractivity contribution in [3.8, 4) is 5.75 Å². The average Bonchev–Trinajstić information content (AvgIpc) is 2.45. The lowest BCUT2D eigenvalue weighted by molar-refractivity contribution is 0.0695. The Labute approximate surface area is 116 Å². The number of carboxylic acid groups (broad SMARTS) is 1. The number of benzene rings is 2. The van der Waals surface area contributed by atoms with Gasteiger partial charge < -0.3 is 20.7 Å². The minimum absolute atomic E-state index is 0.0500. The van der Waals surface area contributed by atoms with Gasteiger partial charge in [0.2, 0.25) is 0 Å². The van der Waals surface area contributed by atoms with E-state index in [0.29, 0.717) is 16.9 Å². The first-order valence-corrected chi connectivity index (χ1v) is 6.05. The van der Waals surface area contributed by atoms with Gasteiger partial charge in [-0.1, -0.05) is 30.3 Å². The number of rotatable bonds is 5. The number of hydrogen-bond donors (Lipinski definition) is 3. The van der Waals surface area contributed by atoms with Gasteiger partial charge in [-0.3, -0.25) is 0 Å². The summed E-state index contributed by atoms with van der Waals surface area (Å²) in [5.41, 5.74) is 7.06. The molecule has 0 radical (unpaired) electrons. The van der Waals surface area contributed by atoms with Gasteiger partial charge in [-0.25, -0.2) is 4.79 Å². The van der Waals surface area contributed by atoms with Crippen LogP contribution in [0.4, 0.5) is 5.69 Å². The SMILES string of the molecule is Nc1cccc(COc2ccccc2CO)c1C(=O)O. The molecule has 0 aliphatic heterocycles. The van der Waals surface area contributed by atoms with E-state index < -0.39 is 5.97 Å². The molecule has 4 N–H and O–H groups in total. The monoisotopic (exact) mass is 273 g/mol. The lowest BCUT2D eigenvalue weighted by atomic mass is 10.1. The molecule has 0 fully saturated rings. The number of aromatic carboxylic acids is 1. The highest BCUT2D eigenvalue weighted by atomic mass is 16.5. The van der Waals surface area contributed by atoms with E-state index in [4.69, 9.17) is 15.6 Å². The van der Waals surface area contributed by atoms with Crippen LogP contribution in [0.2, 0.25) is 0 Å². The van der Waals surface area contributed by atoms with Gasteiger partial charge in [0.05, 0.1) is 12.2 Å². The molecular formula is C15H15NO4. The number of carboxylic acids is 1. The summed E-state index contributed by atoms with van der Waals surface area (Å²) in [5.74, 6) is -0.564. The maximum absolute atomic E-state index is 11.2. The standard InChI is InChI=1S/C15H15NO4/c16-12-6-3-5-11(14(12)15(18)19)9-20-13-7-2-1-4-10(13)8-17/h1-7,17H,8-9,16H2,(H,18,19). The predicted octanol–water partition coefficient (Wildman–Crippen LogP) is 2.04. The molecule has 104 valence electrons. The van der Waals surface area contributed by atoms with Crippen LogP contribution in [0.3, 0.4) is 0 Å². The zero-order valence-electron chi connectivity index (χ0n) is 10.7. The molecule has 0 saturated heterocycles. The summed E-state index contributed by atoms with van der Waals surface area (Å²) in [7, 11) is 0. The first-order valence-electron chi connectivity index (χ1n) is 6.05. The number of para-hydroxylation sites is 1. The Morgan fingerprint density at radius 1 is 1.10 bits per heavy atom. The molecule has 20 heavy (non-hydrogen) atoms. The molecule has 2 aromatic rings. The van der Waals surface area contributed by atoms with Crippen LogP contribution in [0, 0.1) is 0 Å². The molecule has 0 amide bonds. The highest BCUT2D eigenvalue weighted by Crippen LogP contribution is 2.22. The molecule has 0 heterocycles. The highest BCUT2D eigenvalue weighted by molar-refractivity contribution is 5.95. The van der Waals surface area contributed by atoms with Crippen LogP contribution in [0.15, 0.2) is 42.5 Å². The van der Waals surface area contributed by atoms with Crippen LogP contribution in [-0.2, 0) is 13.2 Å². The second-order valence-electron chi connectivity index (χ2n) is 4.24. The Bertz CT molecular complexity index is 625. The van der Waals surface area contributed by atoms with Crippen molar-refractivity contribution >= 4 is 11.7 Å². The molecule has 0 aliphatic carbocycles. The van der Waals surface area contributed by atoms with Crippen molar-refractivity contribution in [2.45, 2.75) is 13.2 Å². The lowest BCUT2D eigenvalue weighted by Gasteiger charge is -2.12. The van der Waals surface area contributed by atoms with Crippen molar-refractivity contribution in [2.75, 3.05) is 5.73 Å². The number of aliphatic hydroxyl groups is 1. The normalized spacial score (nSPS) is 10.2. The van der Waals surface area contributed by atoms with E-state index in [2.05, 4.69) is 0 Å². The van der Waals surface area contributed by atoms with Crippen molar-refractivity contribution in [3.05, 3.63) is 59.2 Å². The molecule has 0 spiro atoms. The molecule has 0 saturated carbocycles. The van der Waals surface area contributed by atoms with Crippen LogP contribution >= 0.6 is 0 Å². The van der Waals surface area contributed by atoms with Gasteiger partial charge in [0.15, 0.2) is 0 Å². The van der Waals surface area contributed by atoms with E-state index >= 15 is 0 Å². The van der Waals surface area contributed by atoms with Gasteiger partial charge in [0, 0.05) is 16.8 Å². The van der Waals surface area contributed by atoms with Gasteiger partial charge in [-0.2, -0.15) is 0 Å². The number of nitrogen functional groups attached to an aromatic ring is 1. The topological polar surface area (TPSA) is 92.8 Å². The molecule has 0 bridgehead atoms. The fourth-order valence-electron chi connectivity index (χ4n) is 1.93. The minimum Gasteiger partial charge on any atom is -0.489 e. The molecule has 2 rings (SSSR count). The van der Waals surface area contributed by atoms with Crippen LogP contribution < -0.4 is 10.5 Å². The third kappa shape index (κ3) is 2.89. The molecule has 0 aliphatic rings. The van der Waals surface area contributed by atoms with E-state index in [1.807, 2.05) is 0 Å². The van der Waals surface area contributed by atoms with Gasteiger partial charge >= 0.3 is 5.97 Å².